The number of nitrogens with zero attached hydrogens (tertiary/aromatic N) is 3. The van der Waals surface area contributed by atoms with E-state index < -0.39 is 136 Å². The molecular weight excluding hydrogens is 840 g/mol. The average Bonchev–Trinajstić information content (AvgIpc) is 3.71. The van der Waals surface area contributed by atoms with Gasteiger partial charge >= 0.3 is 5.97 Å². The third-order valence-electron chi connectivity index (χ3n) is 11.8. The number of carboxylic acids is 1. The molecule has 5 unspecified atom stereocenters. The predicted molar refractivity (Wildman–Crippen MR) is 214 cm³/mol. The molecule has 3 aliphatic heterocycles. The van der Waals surface area contributed by atoms with E-state index in [9.17, 15) is 65.8 Å². The van der Waals surface area contributed by atoms with E-state index in [4.69, 9.17) is 28.4 Å². The molecule has 0 spiro atoms. The number of hydrogen-bond acceptors (Lipinski definition) is 20. The Bertz CT molecular complexity index is 1500. The minimum Gasteiger partial charge on any atom is -0.477 e. The molecule has 16 atom stereocenters. The molecule has 0 aliphatic carbocycles. The van der Waals surface area contributed by atoms with Crippen LogP contribution in [-0.4, -0.2) is 201 Å². The summed E-state index contributed by atoms with van der Waals surface area (Å²) in [7, 11) is 0. The van der Waals surface area contributed by atoms with Gasteiger partial charge in [0, 0.05) is 19.9 Å². The van der Waals surface area contributed by atoms with Crippen LogP contribution in [0.5, 0.6) is 0 Å². The smallest absolute Gasteiger partial charge is 0.364 e. The Balaban J connectivity index is 1.32. The molecule has 1 amide bonds. The number of carbonyl (C=O) groups excluding carboxylic acids is 1. The lowest BCUT2D eigenvalue weighted by atomic mass is 9.88. The second-order valence-corrected chi connectivity index (χ2v) is 16.7. The quantitative estimate of drug-likeness (QED) is 0.0399. The van der Waals surface area contributed by atoms with Crippen LogP contribution in [0, 0.1) is 0 Å². The van der Waals surface area contributed by atoms with Crippen molar-refractivity contribution in [3.8, 4) is 0 Å². The molecule has 0 aromatic carbocycles. The second kappa shape index (κ2) is 26.0. The van der Waals surface area contributed by atoms with Crippen LogP contribution in [0.25, 0.3) is 0 Å². The van der Waals surface area contributed by atoms with Gasteiger partial charge in [0.15, 0.2) is 12.6 Å². The zero-order valence-corrected chi connectivity index (χ0v) is 36.0. The van der Waals surface area contributed by atoms with Crippen LogP contribution >= 0.6 is 0 Å². The molecule has 3 aliphatic rings. The van der Waals surface area contributed by atoms with E-state index in [1.807, 2.05) is 0 Å². The van der Waals surface area contributed by atoms with Crippen LogP contribution in [-0.2, 0) is 51.2 Å². The van der Waals surface area contributed by atoms with Crippen LogP contribution in [0.4, 0.5) is 0 Å². The first-order valence-corrected chi connectivity index (χ1v) is 22.0. The summed E-state index contributed by atoms with van der Waals surface area (Å²) in [6.45, 7) is 0.965. The molecule has 4 heterocycles. The van der Waals surface area contributed by atoms with Crippen LogP contribution < -0.4 is 5.32 Å². The van der Waals surface area contributed by atoms with Crippen molar-refractivity contribution in [2.75, 3.05) is 19.8 Å². The van der Waals surface area contributed by atoms with Gasteiger partial charge in [0.1, 0.15) is 67.1 Å². The Labute approximate surface area is 365 Å². The standard InChI is InChI=1S/C40H70N4O19/c1-3-4-5-6-7-8-9-10-11-12-13-14-15-44-23(17-41-43-44)20-58-37-34(55)32(53)35(26(19-46)60-37)62-38-33(54)31(52)30(51)27(61-38)21-59-40(39(56)57)16-24(48)28(42-22(2)47)36(63-40)29(50)25(49)18-45/h17,24-38,45-46,48-55H,3-16,18-21H2,1-2H3,(H,42,47)(H,56,57)/t24-,25-,26+,27?,28-,29-,30+,31?,32?,33+,34?,35-,36?,37-,38+,40-/m1/s1. The first-order chi connectivity index (χ1) is 30.1. The Morgan fingerprint density at radius 3 is 2.05 bits per heavy atom. The molecular formula is C40H70N4O19. The molecule has 1 aromatic heterocycles. The number of aliphatic hydroxyl groups is 10. The molecule has 23 nitrogen and oxygen atoms in total. The summed E-state index contributed by atoms with van der Waals surface area (Å²) >= 11 is 0. The molecule has 364 valence electrons. The van der Waals surface area contributed by atoms with Crippen LogP contribution in [0.1, 0.15) is 103 Å². The maximum Gasteiger partial charge on any atom is 0.364 e. The zero-order chi connectivity index (χ0) is 46.3. The third-order valence-corrected chi connectivity index (χ3v) is 11.8. The predicted octanol–water partition coefficient (Wildman–Crippen LogP) is -2.71. The molecule has 1 aromatic rings. The first-order valence-electron chi connectivity index (χ1n) is 22.0. The molecule has 3 saturated heterocycles. The summed E-state index contributed by atoms with van der Waals surface area (Å²) in [5, 5.41) is 126. The number of ether oxygens (including phenoxy) is 6. The van der Waals surface area contributed by atoms with Gasteiger partial charge in [0.05, 0.1) is 50.5 Å². The summed E-state index contributed by atoms with van der Waals surface area (Å²) in [5.41, 5.74) is 0.571. The van der Waals surface area contributed by atoms with Gasteiger partial charge in [-0.3, -0.25) is 4.79 Å². The van der Waals surface area contributed by atoms with E-state index in [0.717, 1.165) is 26.2 Å². The normalized spacial score (nSPS) is 34.7. The van der Waals surface area contributed by atoms with Crippen molar-refractivity contribution in [3.05, 3.63) is 11.9 Å². The fraction of sp³-hybridized carbons (Fsp3) is 0.900. The lowest BCUT2D eigenvalue weighted by Crippen LogP contribution is -2.68. The van der Waals surface area contributed by atoms with Gasteiger partial charge < -0.3 is 89.9 Å². The highest BCUT2D eigenvalue weighted by Gasteiger charge is 2.57. The highest BCUT2D eigenvalue weighted by molar-refractivity contribution is 5.76. The molecule has 23 heteroatoms. The largest absolute Gasteiger partial charge is 0.477 e. The van der Waals surface area contributed by atoms with E-state index in [0.29, 0.717) is 12.2 Å². The third kappa shape index (κ3) is 14.5. The van der Waals surface area contributed by atoms with E-state index in [1.165, 1.54) is 64.0 Å². The number of aromatic nitrogens is 3. The Kier molecular flexibility index (Phi) is 21.9. The molecule has 12 N–H and O–H groups in total. The molecule has 0 bridgehead atoms. The van der Waals surface area contributed by atoms with E-state index >= 15 is 0 Å². The molecule has 0 radical (unpaired) electrons. The zero-order valence-electron chi connectivity index (χ0n) is 36.0. The minimum absolute atomic E-state index is 0.131. The van der Waals surface area contributed by atoms with Gasteiger partial charge in [0.2, 0.25) is 5.91 Å². The summed E-state index contributed by atoms with van der Waals surface area (Å²) in [4.78, 5) is 24.5. The number of rotatable bonds is 27. The number of nitrogens with one attached hydrogen (secondary N) is 1. The SMILES string of the molecule is CCCCCCCCCCCCCCn1nncc1CO[C@@H]1O[C@@H](CO)[C@@H](O[C@@H]2OC(CO[C@]3(C(=O)O)C[C@@H](O)[C@@H](NC(C)=O)C([C@H](O)[C@H](O)CO)O3)[C@H](O)C(O)[C@@H]2O)C(O)C1O. The molecule has 63 heavy (non-hydrogen) atoms. The van der Waals surface area contributed by atoms with E-state index in [-0.39, 0.29) is 6.61 Å². The Morgan fingerprint density at radius 2 is 1.46 bits per heavy atom. The van der Waals surface area contributed by atoms with Gasteiger partial charge in [-0.25, -0.2) is 9.48 Å². The summed E-state index contributed by atoms with van der Waals surface area (Å²) in [6, 6.07) is -1.49. The average molecular weight is 911 g/mol. The van der Waals surface area contributed by atoms with Gasteiger partial charge in [-0.15, -0.1) is 5.10 Å². The van der Waals surface area contributed by atoms with Crippen LogP contribution in [0.15, 0.2) is 6.20 Å². The first kappa shape index (κ1) is 53.1. The lowest BCUT2D eigenvalue weighted by molar-refractivity contribution is -0.368. The fourth-order valence-electron chi connectivity index (χ4n) is 8.02. The lowest BCUT2D eigenvalue weighted by Gasteiger charge is -2.48. The fourth-order valence-corrected chi connectivity index (χ4v) is 8.02. The Morgan fingerprint density at radius 1 is 0.857 bits per heavy atom. The van der Waals surface area contributed by atoms with Crippen LogP contribution in [0.2, 0.25) is 0 Å². The summed E-state index contributed by atoms with van der Waals surface area (Å²) < 4.78 is 35.7. The number of carboxylic acid groups (broad SMARTS) is 1. The van der Waals surface area contributed by atoms with Gasteiger partial charge in [-0.1, -0.05) is 82.8 Å². The van der Waals surface area contributed by atoms with Crippen LogP contribution in [0.3, 0.4) is 0 Å². The van der Waals surface area contributed by atoms with Crippen molar-refractivity contribution >= 4 is 11.9 Å². The van der Waals surface area contributed by atoms with E-state index in [2.05, 4.69) is 22.6 Å². The summed E-state index contributed by atoms with van der Waals surface area (Å²) in [5.74, 6) is -5.42. The highest BCUT2D eigenvalue weighted by atomic mass is 16.8. The molecule has 0 saturated carbocycles. The maximum absolute atomic E-state index is 12.6. The maximum atomic E-state index is 12.6. The number of aliphatic carboxylic acids is 1. The highest BCUT2D eigenvalue weighted by Crippen LogP contribution is 2.36. The van der Waals surface area contributed by atoms with Crippen molar-refractivity contribution in [2.45, 2.75) is 208 Å². The topological polar surface area (TPSA) is 355 Å². The van der Waals surface area contributed by atoms with Gasteiger partial charge in [-0.2, -0.15) is 0 Å². The van der Waals surface area contributed by atoms with Gasteiger partial charge in [-0.05, 0) is 6.42 Å². The number of aliphatic hydroxyl groups excluding tert-OH is 10. The Hall–Kier alpha value is -2.56. The number of aryl methyl sites for hydroxylation is 1. The summed E-state index contributed by atoms with van der Waals surface area (Å²) in [6.07, 6.45) is -10.5. The second-order valence-electron chi connectivity index (χ2n) is 16.7. The van der Waals surface area contributed by atoms with Crippen molar-refractivity contribution in [1.82, 2.24) is 20.3 Å². The molecule has 4 rings (SSSR count). The number of unbranched alkanes of at least 4 members (excludes halogenated alkanes) is 11. The molecule has 3 fully saturated rings. The number of amides is 1. The van der Waals surface area contributed by atoms with Crippen molar-refractivity contribution in [2.24, 2.45) is 0 Å². The van der Waals surface area contributed by atoms with Gasteiger partial charge in [0.25, 0.3) is 5.79 Å². The van der Waals surface area contributed by atoms with Crippen molar-refractivity contribution in [3.63, 3.8) is 0 Å². The van der Waals surface area contributed by atoms with Crippen molar-refractivity contribution < 1.29 is 94.2 Å². The van der Waals surface area contributed by atoms with Crippen molar-refractivity contribution in [1.29, 1.82) is 0 Å². The minimum atomic E-state index is -2.84. The number of carbonyl (C=O) groups is 2. The van der Waals surface area contributed by atoms with E-state index in [1.54, 1.807) is 4.68 Å². The number of hydrogen-bond donors (Lipinski definition) is 12. The monoisotopic (exact) mass is 910 g/mol.